The Morgan fingerprint density at radius 2 is 1.65 bits per heavy atom. The van der Waals surface area contributed by atoms with Crippen molar-refractivity contribution in [3.63, 3.8) is 0 Å². The minimum atomic E-state index is -0.355. The Labute approximate surface area is 233 Å². The van der Waals surface area contributed by atoms with E-state index in [1.54, 1.807) is 43.0 Å². The molecule has 0 saturated carbocycles. The van der Waals surface area contributed by atoms with Crippen LogP contribution in [0, 0.1) is 6.92 Å². The summed E-state index contributed by atoms with van der Waals surface area (Å²) in [5, 5.41) is 1.56. The summed E-state index contributed by atoms with van der Waals surface area (Å²) in [6, 6.07) is 22.3. The molecule has 3 aromatic heterocycles. The zero-order valence-electron chi connectivity index (χ0n) is 22.3. The molecule has 0 unspecified atom stereocenters. The highest BCUT2D eigenvalue weighted by Crippen LogP contribution is 2.27. The molecule has 0 bridgehead atoms. The molecule has 0 radical (unpaired) electrons. The number of fused-ring (bicyclic) bond motifs is 2. The van der Waals surface area contributed by atoms with E-state index in [-0.39, 0.29) is 33.5 Å². The van der Waals surface area contributed by atoms with Crippen molar-refractivity contribution in [3.05, 3.63) is 117 Å². The van der Waals surface area contributed by atoms with Gasteiger partial charge in [-0.2, -0.15) is 0 Å². The third kappa shape index (κ3) is 4.10. The number of Topliss-reactive ketones (excluding diaryl/α,β-unsaturated/α-hetero) is 1. The highest BCUT2D eigenvalue weighted by atomic mass is 32.2. The molecular weight excluding hydrogens is 522 g/mol. The first-order valence-electron chi connectivity index (χ1n) is 13.0. The summed E-state index contributed by atoms with van der Waals surface area (Å²) in [6.07, 6.45) is 2.60. The number of aromatic amines is 1. The SMILES string of the molecule is CCc1cccc2c(C(=O)CSc3nc4ccccc4c(=O)n3-c3c(C)n(C)n(-c4ccccc4)c3=O)c[nH]c12. The van der Waals surface area contributed by atoms with Gasteiger partial charge in [0.05, 0.1) is 28.0 Å². The predicted octanol–water partition coefficient (Wildman–Crippen LogP) is 5.20. The normalized spacial score (nSPS) is 11.5. The number of aromatic nitrogens is 5. The molecule has 0 aliphatic heterocycles. The monoisotopic (exact) mass is 549 g/mol. The van der Waals surface area contributed by atoms with Crippen LogP contribution in [-0.4, -0.2) is 35.4 Å². The Bertz CT molecular complexity index is 2030. The van der Waals surface area contributed by atoms with Gasteiger partial charge in [-0.25, -0.2) is 14.2 Å². The first kappa shape index (κ1) is 25.6. The van der Waals surface area contributed by atoms with Gasteiger partial charge in [0, 0.05) is 29.7 Å². The average molecular weight is 550 g/mol. The van der Waals surface area contributed by atoms with Crippen LogP contribution in [0.25, 0.3) is 33.2 Å². The van der Waals surface area contributed by atoms with Crippen LogP contribution < -0.4 is 11.1 Å². The van der Waals surface area contributed by atoms with Gasteiger partial charge >= 0.3 is 0 Å². The fourth-order valence-electron chi connectivity index (χ4n) is 5.17. The first-order chi connectivity index (χ1) is 19.4. The molecule has 1 N–H and O–H groups in total. The number of nitrogens with zero attached hydrogens (tertiary/aromatic N) is 4. The Hall–Kier alpha value is -4.63. The number of rotatable bonds is 7. The number of para-hydroxylation sites is 3. The molecule has 0 atom stereocenters. The minimum Gasteiger partial charge on any atom is -0.360 e. The molecule has 200 valence electrons. The molecule has 8 nitrogen and oxygen atoms in total. The van der Waals surface area contributed by atoms with Crippen molar-refractivity contribution >= 4 is 39.4 Å². The van der Waals surface area contributed by atoms with Crippen LogP contribution in [0.15, 0.2) is 93.7 Å². The van der Waals surface area contributed by atoms with Crippen LogP contribution in [0.1, 0.15) is 28.5 Å². The fourth-order valence-corrected chi connectivity index (χ4v) is 6.05. The van der Waals surface area contributed by atoms with E-state index in [0.29, 0.717) is 27.8 Å². The van der Waals surface area contributed by atoms with Crippen LogP contribution in [0.4, 0.5) is 0 Å². The zero-order valence-corrected chi connectivity index (χ0v) is 23.2. The van der Waals surface area contributed by atoms with E-state index in [1.165, 1.54) is 9.25 Å². The molecule has 3 heterocycles. The smallest absolute Gasteiger partial charge is 0.296 e. The molecular formula is C31H27N5O3S. The van der Waals surface area contributed by atoms with Gasteiger partial charge in [-0.15, -0.1) is 0 Å². The van der Waals surface area contributed by atoms with Crippen molar-refractivity contribution < 1.29 is 4.79 Å². The standard InChI is InChI=1S/C31H27N5O3S/c1-4-20-11-10-15-22-24(17-32-27(20)22)26(37)18-40-31-33-25-16-9-8-14-23(25)29(38)35(31)28-19(2)34(3)36(30(28)39)21-12-6-5-7-13-21/h5-17,32H,4,18H2,1-3H3. The first-order valence-corrected chi connectivity index (χ1v) is 14.0. The summed E-state index contributed by atoms with van der Waals surface area (Å²) in [7, 11) is 1.78. The van der Waals surface area contributed by atoms with E-state index in [4.69, 9.17) is 4.98 Å². The second-order valence-electron chi connectivity index (χ2n) is 9.57. The van der Waals surface area contributed by atoms with E-state index in [1.807, 2.05) is 54.6 Å². The average Bonchev–Trinajstić information content (AvgIpc) is 3.51. The number of thioether (sulfide) groups is 1. The fraction of sp³-hybridized carbons (Fsp3) is 0.161. The number of H-pyrrole nitrogens is 1. The van der Waals surface area contributed by atoms with E-state index < -0.39 is 0 Å². The summed E-state index contributed by atoms with van der Waals surface area (Å²) in [6.45, 7) is 3.88. The molecule has 0 aliphatic rings. The van der Waals surface area contributed by atoms with Gasteiger partial charge in [-0.3, -0.25) is 19.1 Å². The molecule has 3 aromatic carbocycles. The van der Waals surface area contributed by atoms with Crippen molar-refractivity contribution in [2.45, 2.75) is 25.4 Å². The lowest BCUT2D eigenvalue weighted by molar-refractivity contribution is 0.102. The molecule has 40 heavy (non-hydrogen) atoms. The Morgan fingerprint density at radius 3 is 2.42 bits per heavy atom. The lowest BCUT2D eigenvalue weighted by Gasteiger charge is -2.12. The molecule has 6 rings (SSSR count). The van der Waals surface area contributed by atoms with Gasteiger partial charge in [-0.1, -0.05) is 67.2 Å². The number of carbonyl (C=O) groups is 1. The maximum absolute atomic E-state index is 13.9. The highest BCUT2D eigenvalue weighted by Gasteiger charge is 2.24. The minimum absolute atomic E-state index is 0.0485. The van der Waals surface area contributed by atoms with Crippen LogP contribution in [0.5, 0.6) is 0 Å². The molecule has 0 saturated heterocycles. The topological polar surface area (TPSA) is 94.7 Å². The number of nitrogens with one attached hydrogen (secondary N) is 1. The number of carbonyl (C=O) groups excluding carboxylic acids is 1. The van der Waals surface area contributed by atoms with Crippen LogP contribution in [0.3, 0.4) is 0 Å². The van der Waals surface area contributed by atoms with Crippen LogP contribution in [0.2, 0.25) is 0 Å². The van der Waals surface area contributed by atoms with Gasteiger partial charge < -0.3 is 4.98 Å². The second-order valence-corrected chi connectivity index (χ2v) is 10.5. The summed E-state index contributed by atoms with van der Waals surface area (Å²) in [5.74, 6) is -0.0442. The molecule has 6 aromatic rings. The lowest BCUT2D eigenvalue weighted by atomic mass is 10.1. The van der Waals surface area contributed by atoms with Crippen LogP contribution >= 0.6 is 11.8 Å². The number of aryl methyl sites for hydroxylation is 1. The highest BCUT2D eigenvalue weighted by molar-refractivity contribution is 7.99. The molecule has 0 aliphatic carbocycles. The van der Waals surface area contributed by atoms with E-state index in [0.717, 1.165) is 34.6 Å². The van der Waals surface area contributed by atoms with Crippen molar-refractivity contribution in [1.29, 1.82) is 0 Å². The number of hydrogen-bond acceptors (Lipinski definition) is 5. The Morgan fingerprint density at radius 1 is 0.925 bits per heavy atom. The molecule has 9 heteroatoms. The van der Waals surface area contributed by atoms with Crippen LogP contribution in [-0.2, 0) is 13.5 Å². The van der Waals surface area contributed by atoms with E-state index in [2.05, 4.69) is 11.9 Å². The summed E-state index contributed by atoms with van der Waals surface area (Å²) in [5.41, 5.74) is 4.00. The summed E-state index contributed by atoms with van der Waals surface area (Å²) in [4.78, 5) is 49.2. The Balaban J connectivity index is 1.47. The quantitative estimate of drug-likeness (QED) is 0.168. The maximum atomic E-state index is 13.9. The molecule has 0 fully saturated rings. The van der Waals surface area contributed by atoms with Gasteiger partial charge in [-0.05, 0) is 43.2 Å². The number of hydrogen-bond donors (Lipinski definition) is 1. The third-order valence-corrected chi connectivity index (χ3v) is 8.25. The van der Waals surface area contributed by atoms with Crippen molar-refractivity contribution in [1.82, 2.24) is 23.9 Å². The Kier molecular flexibility index (Phi) is 6.51. The summed E-state index contributed by atoms with van der Waals surface area (Å²) >= 11 is 1.16. The predicted molar refractivity (Wildman–Crippen MR) is 159 cm³/mol. The molecule has 0 spiro atoms. The van der Waals surface area contributed by atoms with Gasteiger partial charge in [0.1, 0.15) is 5.69 Å². The van der Waals surface area contributed by atoms with E-state index >= 15 is 0 Å². The largest absolute Gasteiger partial charge is 0.360 e. The number of benzene rings is 3. The number of ketones is 1. The third-order valence-electron chi connectivity index (χ3n) is 7.31. The lowest BCUT2D eigenvalue weighted by Crippen LogP contribution is -2.28. The van der Waals surface area contributed by atoms with E-state index in [9.17, 15) is 14.4 Å². The van der Waals surface area contributed by atoms with Gasteiger partial charge in [0.15, 0.2) is 10.9 Å². The van der Waals surface area contributed by atoms with Gasteiger partial charge in [0.2, 0.25) is 0 Å². The summed E-state index contributed by atoms with van der Waals surface area (Å²) < 4.78 is 4.62. The zero-order chi connectivity index (χ0) is 28.0. The van der Waals surface area contributed by atoms with Crippen molar-refractivity contribution in [3.8, 4) is 11.4 Å². The van der Waals surface area contributed by atoms with Crippen molar-refractivity contribution in [2.75, 3.05) is 5.75 Å². The van der Waals surface area contributed by atoms with Gasteiger partial charge in [0.25, 0.3) is 11.1 Å². The second kappa shape index (κ2) is 10.2. The van der Waals surface area contributed by atoms with Crippen molar-refractivity contribution in [2.24, 2.45) is 7.05 Å². The molecule has 0 amide bonds. The maximum Gasteiger partial charge on any atom is 0.296 e.